The molecule has 0 saturated carbocycles. The van der Waals surface area contributed by atoms with Gasteiger partial charge in [-0.25, -0.2) is 9.38 Å². The van der Waals surface area contributed by atoms with E-state index in [-0.39, 0.29) is 5.56 Å². The van der Waals surface area contributed by atoms with Gasteiger partial charge < -0.3 is 4.42 Å². The van der Waals surface area contributed by atoms with Gasteiger partial charge in [0.15, 0.2) is 4.96 Å². The molecule has 5 rings (SSSR count). The van der Waals surface area contributed by atoms with Gasteiger partial charge in [-0.2, -0.15) is 0 Å². The normalized spacial score (nSPS) is 12.4. The highest BCUT2D eigenvalue weighted by atomic mass is 35.5. The number of para-hydroxylation sites is 2. The molecule has 0 aliphatic rings. The third-order valence-electron chi connectivity index (χ3n) is 4.15. The topological polar surface area (TPSA) is 47.5 Å². The summed E-state index contributed by atoms with van der Waals surface area (Å²) in [6.07, 6.45) is 1.75. The zero-order valence-corrected chi connectivity index (χ0v) is 14.9. The number of benzene rings is 2. The molecule has 0 aliphatic carbocycles. The molecule has 0 amide bonds. The first kappa shape index (κ1) is 15.4. The molecule has 6 heteroatoms. The lowest BCUT2D eigenvalue weighted by molar-refractivity contribution is 0.571. The lowest BCUT2D eigenvalue weighted by atomic mass is 10.2. The first-order valence-electron chi connectivity index (χ1n) is 7.96. The molecule has 0 saturated heterocycles. The van der Waals surface area contributed by atoms with Crippen LogP contribution in [0.25, 0.3) is 33.4 Å². The minimum absolute atomic E-state index is 0.0839. The van der Waals surface area contributed by atoms with E-state index in [1.54, 1.807) is 10.5 Å². The highest BCUT2D eigenvalue weighted by molar-refractivity contribution is 7.15. The monoisotopic (exact) mass is 378 g/mol. The van der Waals surface area contributed by atoms with Gasteiger partial charge in [0, 0.05) is 16.7 Å². The molecule has 0 bridgehead atoms. The SMILES string of the molecule is O=c1/c(=C/c2ccc(-c3cccc(Cl)c3)o2)sc2nc3ccccc3n12. The van der Waals surface area contributed by atoms with Gasteiger partial charge >= 0.3 is 0 Å². The predicted molar refractivity (Wildman–Crippen MR) is 105 cm³/mol. The van der Waals surface area contributed by atoms with E-state index in [1.807, 2.05) is 60.7 Å². The maximum atomic E-state index is 12.8. The first-order valence-corrected chi connectivity index (χ1v) is 9.16. The van der Waals surface area contributed by atoms with Crippen molar-refractivity contribution in [2.75, 3.05) is 0 Å². The van der Waals surface area contributed by atoms with Crippen molar-refractivity contribution in [3.8, 4) is 11.3 Å². The van der Waals surface area contributed by atoms with Crippen LogP contribution in [0, 0.1) is 0 Å². The maximum absolute atomic E-state index is 12.8. The highest BCUT2D eigenvalue weighted by Gasteiger charge is 2.11. The Morgan fingerprint density at radius 2 is 1.96 bits per heavy atom. The Hall–Kier alpha value is -2.89. The van der Waals surface area contributed by atoms with Crippen LogP contribution >= 0.6 is 22.9 Å². The van der Waals surface area contributed by atoms with E-state index in [4.69, 9.17) is 16.0 Å². The molecular formula is C20H11ClN2O2S. The molecule has 4 nitrogen and oxygen atoms in total. The van der Waals surface area contributed by atoms with Crippen LogP contribution in [0.1, 0.15) is 5.76 Å². The van der Waals surface area contributed by atoms with Gasteiger partial charge in [-0.05, 0) is 36.4 Å². The van der Waals surface area contributed by atoms with E-state index in [9.17, 15) is 4.79 Å². The fourth-order valence-corrected chi connectivity index (χ4v) is 4.13. The number of hydrogen-bond acceptors (Lipinski definition) is 4. The Morgan fingerprint density at radius 3 is 2.85 bits per heavy atom. The van der Waals surface area contributed by atoms with Crippen molar-refractivity contribution in [3.63, 3.8) is 0 Å². The maximum Gasteiger partial charge on any atom is 0.275 e. The van der Waals surface area contributed by atoms with Crippen molar-refractivity contribution >= 4 is 45.0 Å². The Kier molecular flexibility index (Phi) is 3.45. The van der Waals surface area contributed by atoms with Crippen LogP contribution in [-0.4, -0.2) is 9.38 Å². The summed E-state index contributed by atoms with van der Waals surface area (Å²) in [6, 6.07) is 18.8. The molecule has 26 heavy (non-hydrogen) atoms. The molecule has 0 spiro atoms. The zero-order valence-electron chi connectivity index (χ0n) is 13.3. The standard InChI is InChI=1S/C20H11ClN2O2S/c21-13-5-3-4-12(10-13)17-9-8-14(25-17)11-18-19(24)23-16-7-2-1-6-15(16)22-20(23)26-18/h1-11H/b18-11-. The minimum atomic E-state index is -0.0839. The van der Waals surface area contributed by atoms with Crippen molar-refractivity contribution in [1.82, 2.24) is 9.38 Å². The number of aromatic nitrogens is 2. The fourth-order valence-electron chi connectivity index (χ4n) is 2.97. The first-order chi connectivity index (χ1) is 12.7. The number of nitrogens with zero attached hydrogens (tertiary/aromatic N) is 2. The van der Waals surface area contributed by atoms with Gasteiger partial charge in [0.25, 0.3) is 5.56 Å². The molecule has 0 atom stereocenters. The van der Waals surface area contributed by atoms with Crippen molar-refractivity contribution < 1.29 is 4.42 Å². The Bertz CT molecular complexity index is 1380. The summed E-state index contributed by atoms with van der Waals surface area (Å²) in [5.41, 5.74) is 2.46. The third kappa shape index (κ3) is 2.44. The van der Waals surface area contributed by atoms with Crippen LogP contribution in [0.5, 0.6) is 0 Å². The average Bonchev–Trinajstić information content (AvgIpc) is 3.31. The van der Waals surface area contributed by atoms with Gasteiger partial charge in [0.05, 0.1) is 11.0 Å². The minimum Gasteiger partial charge on any atom is -0.457 e. The summed E-state index contributed by atoms with van der Waals surface area (Å²) >= 11 is 7.39. The summed E-state index contributed by atoms with van der Waals surface area (Å²) in [7, 11) is 0. The number of fused-ring (bicyclic) bond motifs is 3. The third-order valence-corrected chi connectivity index (χ3v) is 5.36. The van der Waals surface area contributed by atoms with E-state index in [0.29, 0.717) is 26.0 Å². The summed E-state index contributed by atoms with van der Waals surface area (Å²) in [6.45, 7) is 0. The van der Waals surface area contributed by atoms with Crippen molar-refractivity contribution in [1.29, 1.82) is 0 Å². The molecule has 0 N–H and O–H groups in total. The van der Waals surface area contributed by atoms with Crippen LogP contribution in [0.15, 0.2) is 69.9 Å². The molecule has 3 aromatic heterocycles. The zero-order chi connectivity index (χ0) is 17.7. The molecule has 0 aliphatic heterocycles. The van der Waals surface area contributed by atoms with Crippen molar-refractivity contribution in [2.24, 2.45) is 0 Å². The number of halogens is 1. The van der Waals surface area contributed by atoms with E-state index in [2.05, 4.69) is 4.98 Å². The van der Waals surface area contributed by atoms with E-state index in [0.717, 1.165) is 16.6 Å². The highest BCUT2D eigenvalue weighted by Crippen LogP contribution is 2.25. The lowest BCUT2D eigenvalue weighted by Crippen LogP contribution is -2.22. The molecule has 0 fully saturated rings. The van der Waals surface area contributed by atoms with E-state index < -0.39 is 0 Å². The van der Waals surface area contributed by atoms with E-state index in [1.165, 1.54) is 11.3 Å². The molecular weight excluding hydrogens is 368 g/mol. The number of imidazole rings is 1. The largest absolute Gasteiger partial charge is 0.457 e. The van der Waals surface area contributed by atoms with E-state index >= 15 is 0 Å². The molecule has 126 valence electrons. The van der Waals surface area contributed by atoms with Gasteiger partial charge in [-0.1, -0.05) is 47.2 Å². The second-order valence-corrected chi connectivity index (χ2v) is 7.29. The molecule has 3 heterocycles. The number of rotatable bonds is 2. The van der Waals surface area contributed by atoms with Gasteiger partial charge in [0.2, 0.25) is 0 Å². The predicted octanol–water partition coefficient (Wildman–Crippen LogP) is 4.37. The summed E-state index contributed by atoms with van der Waals surface area (Å²) < 4.78 is 8.10. The smallest absolute Gasteiger partial charge is 0.275 e. The second-order valence-electron chi connectivity index (χ2n) is 5.85. The van der Waals surface area contributed by atoms with Crippen LogP contribution in [-0.2, 0) is 0 Å². The van der Waals surface area contributed by atoms with Gasteiger partial charge in [-0.3, -0.25) is 4.79 Å². The Morgan fingerprint density at radius 1 is 1.08 bits per heavy atom. The fraction of sp³-hybridized carbons (Fsp3) is 0. The second kappa shape index (κ2) is 5.83. The van der Waals surface area contributed by atoms with Crippen molar-refractivity contribution in [2.45, 2.75) is 0 Å². The number of furan rings is 1. The van der Waals surface area contributed by atoms with Crippen LogP contribution < -0.4 is 10.1 Å². The summed E-state index contributed by atoms with van der Waals surface area (Å²) in [5.74, 6) is 1.32. The Balaban J connectivity index is 1.63. The Labute approximate surface area is 156 Å². The number of thiazole rings is 1. The van der Waals surface area contributed by atoms with Crippen molar-refractivity contribution in [3.05, 3.63) is 86.3 Å². The summed E-state index contributed by atoms with van der Waals surface area (Å²) in [5, 5.41) is 0.651. The average molecular weight is 379 g/mol. The van der Waals surface area contributed by atoms with Crippen LogP contribution in [0.4, 0.5) is 0 Å². The molecule has 0 unspecified atom stereocenters. The molecule has 2 aromatic carbocycles. The van der Waals surface area contributed by atoms with Crippen LogP contribution in [0.2, 0.25) is 5.02 Å². The molecule has 5 aromatic rings. The van der Waals surface area contributed by atoms with Crippen LogP contribution in [0.3, 0.4) is 0 Å². The van der Waals surface area contributed by atoms with Gasteiger partial charge in [-0.15, -0.1) is 0 Å². The summed E-state index contributed by atoms with van der Waals surface area (Å²) in [4.78, 5) is 18.0. The quantitative estimate of drug-likeness (QED) is 0.458. The lowest BCUT2D eigenvalue weighted by Gasteiger charge is -1.96. The number of hydrogen-bond donors (Lipinski definition) is 0. The van der Waals surface area contributed by atoms with Gasteiger partial charge in [0.1, 0.15) is 16.1 Å². The molecule has 0 radical (unpaired) electrons.